The molecule has 0 bridgehead atoms. The third-order valence-electron chi connectivity index (χ3n) is 3.03. The number of hydrogen-bond acceptors (Lipinski definition) is 3. The molecule has 0 N–H and O–H groups in total. The van der Waals surface area contributed by atoms with Crippen LogP contribution >= 0.6 is 0 Å². The molecule has 0 fully saturated rings. The fourth-order valence-corrected chi connectivity index (χ4v) is 2.09. The van der Waals surface area contributed by atoms with E-state index in [4.69, 9.17) is 10.00 Å². The van der Waals surface area contributed by atoms with E-state index in [1.165, 1.54) is 0 Å². The van der Waals surface area contributed by atoms with Crippen molar-refractivity contribution in [2.24, 2.45) is 0 Å². The second-order valence-corrected chi connectivity index (χ2v) is 4.63. The molecule has 0 saturated heterocycles. The molecule has 0 saturated carbocycles. The fourth-order valence-electron chi connectivity index (χ4n) is 2.09. The van der Waals surface area contributed by atoms with Gasteiger partial charge in [-0.05, 0) is 37.1 Å². The van der Waals surface area contributed by atoms with Crippen molar-refractivity contribution in [1.82, 2.24) is 0 Å². The molecular weight excluding hydrogens is 250 g/mol. The summed E-state index contributed by atoms with van der Waals surface area (Å²) in [7, 11) is 0. The number of nitriles is 1. The van der Waals surface area contributed by atoms with E-state index < -0.39 is 0 Å². The predicted molar refractivity (Wildman–Crippen MR) is 76.9 cm³/mol. The Bertz CT molecular complexity index is 646. The lowest BCUT2D eigenvalue weighted by atomic mass is 10.1. The molecule has 0 spiro atoms. The van der Waals surface area contributed by atoms with Crippen molar-refractivity contribution in [3.05, 3.63) is 64.7 Å². The van der Waals surface area contributed by atoms with E-state index in [2.05, 4.69) is 6.07 Å². The van der Waals surface area contributed by atoms with E-state index in [0.29, 0.717) is 16.9 Å². The van der Waals surface area contributed by atoms with Gasteiger partial charge in [-0.2, -0.15) is 5.26 Å². The molecule has 2 aromatic rings. The van der Waals surface area contributed by atoms with Crippen LogP contribution in [0, 0.1) is 25.2 Å². The second-order valence-electron chi connectivity index (χ2n) is 4.63. The van der Waals surface area contributed by atoms with Crippen LogP contribution in [0.15, 0.2) is 42.5 Å². The molecule has 0 aromatic heterocycles. The molecule has 0 atom stereocenters. The highest BCUT2D eigenvalue weighted by Crippen LogP contribution is 2.24. The number of ether oxygens (including phenoxy) is 1. The summed E-state index contributed by atoms with van der Waals surface area (Å²) in [6, 6.07) is 14.7. The summed E-state index contributed by atoms with van der Waals surface area (Å²) in [5.41, 5.74) is 2.96. The molecule has 2 rings (SSSR count). The molecule has 0 unspecified atom stereocenters. The van der Waals surface area contributed by atoms with Gasteiger partial charge in [-0.1, -0.05) is 30.3 Å². The molecule has 20 heavy (non-hydrogen) atoms. The van der Waals surface area contributed by atoms with Crippen LogP contribution in [-0.4, -0.2) is 12.4 Å². The molecule has 0 aliphatic rings. The van der Waals surface area contributed by atoms with Crippen LogP contribution in [0.25, 0.3) is 0 Å². The predicted octanol–water partition coefficient (Wildman–Crippen LogP) is 3.44. The summed E-state index contributed by atoms with van der Waals surface area (Å²) in [4.78, 5) is 12.0. The van der Waals surface area contributed by atoms with Crippen molar-refractivity contribution < 1.29 is 9.53 Å². The van der Waals surface area contributed by atoms with Gasteiger partial charge in [0.25, 0.3) is 0 Å². The van der Waals surface area contributed by atoms with Gasteiger partial charge in [0, 0.05) is 5.56 Å². The summed E-state index contributed by atoms with van der Waals surface area (Å²) in [5.74, 6) is 0.613. The SMILES string of the molecule is Cc1cc(C#N)cc(C)c1OCC(=O)c1ccccc1. The maximum absolute atomic E-state index is 12.0. The standard InChI is InChI=1S/C17H15NO2/c1-12-8-14(10-18)9-13(2)17(12)20-11-16(19)15-6-4-3-5-7-15/h3-9H,11H2,1-2H3. The Balaban J connectivity index is 2.12. The molecule has 0 radical (unpaired) electrons. The number of aryl methyl sites for hydroxylation is 2. The number of rotatable bonds is 4. The van der Waals surface area contributed by atoms with Crippen LogP contribution < -0.4 is 4.74 Å². The van der Waals surface area contributed by atoms with Crippen LogP contribution in [0.2, 0.25) is 0 Å². The van der Waals surface area contributed by atoms with Crippen molar-refractivity contribution in [1.29, 1.82) is 5.26 Å². The van der Waals surface area contributed by atoms with Crippen LogP contribution in [0.1, 0.15) is 27.0 Å². The number of Topliss-reactive ketones (excluding diaryl/α,β-unsaturated/α-hetero) is 1. The molecule has 3 nitrogen and oxygen atoms in total. The number of ketones is 1. The first kappa shape index (κ1) is 13.8. The maximum Gasteiger partial charge on any atom is 0.200 e. The van der Waals surface area contributed by atoms with Gasteiger partial charge in [-0.15, -0.1) is 0 Å². The highest BCUT2D eigenvalue weighted by Gasteiger charge is 2.10. The van der Waals surface area contributed by atoms with Gasteiger partial charge >= 0.3 is 0 Å². The summed E-state index contributed by atoms with van der Waals surface area (Å²) < 4.78 is 5.62. The highest BCUT2D eigenvalue weighted by atomic mass is 16.5. The maximum atomic E-state index is 12.0. The Morgan fingerprint density at radius 2 is 1.75 bits per heavy atom. The van der Waals surface area contributed by atoms with E-state index in [1.54, 1.807) is 24.3 Å². The van der Waals surface area contributed by atoms with E-state index >= 15 is 0 Å². The number of hydrogen-bond donors (Lipinski definition) is 0. The van der Waals surface area contributed by atoms with Gasteiger partial charge in [0.2, 0.25) is 0 Å². The number of carbonyl (C=O) groups is 1. The monoisotopic (exact) mass is 265 g/mol. The topological polar surface area (TPSA) is 50.1 Å². The Labute approximate surface area is 118 Å². The van der Waals surface area contributed by atoms with E-state index in [-0.39, 0.29) is 12.4 Å². The van der Waals surface area contributed by atoms with Gasteiger partial charge in [0.05, 0.1) is 11.6 Å². The van der Waals surface area contributed by atoms with Gasteiger partial charge in [0.1, 0.15) is 5.75 Å². The minimum atomic E-state index is -0.0613. The van der Waals surface area contributed by atoms with E-state index in [1.807, 2.05) is 32.0 Å². The summed E-state index contributed by atoms with van der Waals surface area (Å²) in [5, 5.41) is 8.90. The van der Waals surface area contributed by atoms with Crippen LogP contribution in [0.3, 0.4) is 0 Å². The molecule has 100 valence electrons. The van der Waals surface area contributed by atoms with Gasteiger partial charge in [0.15, 0.2) is 12.4 Å². The normalized spacial score (nSPS) is 9.85. The van der Waals surface area contributed by atoms with Crippen LogP contribution in [0.5, 0.6) is 5.75 Å². The van der Waals surface area contributed by atoms with Crippen molar-refractivity contribution >= 4 is 5.78 Å². The zero-order chi connectivity index (χ0) is 14.5. The van der Waals surface area contributed by atoms with Crippen LogP contribution in [0.4, 0.5) is 0 Å². The Kier molecular flexibility index (Phi) is 4.17. The zero-order valence-electron chi connectivity index (χ0n) is 11.5. The quantitative estimate of drug-likeness (QED) is 0.796. The smallest absolute Gasteiger partial charge is 0.200 e. The van der Waals surface area contributed by atoms with Crippen molar-refractivity contribution in [2.45, 2.75) is 13.8 Å². The third kappa shape index (κ3) is 3.04. The van der Waals surface area contributed by atoms with Crippen LogP contribution in [-0.2, 0) is 0 Å². The zero-order valence-corrected chi connectivity index (χ0v) is 11.5. The first-order valence-corrected chi connectivity index (χ1v) is 6.34. The summed E-state index contributed by atoms with van der Waals surface area (Å²) >= 11 is 0. The van der Waals surface area contributed by atoms with E-state index in [9.17, 15) is 4.79 Å². The number of benzene rings is 2. The summed E-state index contributed by atoms with van der Waals surface area (Å²) in [6.45, 7) is 3.74. The average molecular weight is 265 g/mol. The minimum absolute atomic E-state index is 0.00239. The molecule has 3 heteroatoms. The lowest BCUT2D eigenvalue weighted by Crippen LogP contribution is -2.12. The molecule has 0 aliphatic heterocycles. The van der Waals surface area contributed by atoms with E-state index in [0.717, 1.165) is 11.1 Å². The molecule has 2 aromatic carbocycles. The molecule has 0 heterocycles. The molecule has 0 aliphatic carbocycles. The lowest BCUT2D eigenvalue weighted by Gasteiger charge is -2.12. The Morgan fingerprint density at radius 3 is 2.30 bits per heavy atom. The first-order valence-electron chi connectivity index (χ1n) is 6.34. The number of carbonyl (C=O) groups excluding carboxylic acids is 1. The Hall–Kier alpha value is -2.60. The third-order valence-corrected chi connectivity index (χ3v) is 3.03. The number of nitrogens with zero attached hydrogens (tertiary/aromatic N) is 1. The van der Waals surface area contributed by atoms with Gasteiger partial charge in [-0.3, -0.25) is 4.79 Å². The fraction of sp³-hybridized carbons (Fsp3) is 0.176. The largest absolute Gasteiger partial charge is 0.485 e. The van der Waals surface area contributed by atoms with Gasteiger partial charge < -0.3 is 4.74 Å². The average Bonchev–Trinajstić information content (AvgIpc) is 2.46. The van der Waals surface area contributed by atoms with Crippen molar-refractivity contribution in [3.8, 4) is 11.8 Å². The molecule has 0 amide bonds. The minimum Gasteiger partial charge on any atom is -0.485 e. The van der Waals surface area contributed by atoms with Gasteiger partial charge in [-0.25, -0.2) is 0 Å². The van der Waals surface area contributed by atoms with Crippen molar-refractivity contribution in [2.75, 3.05) is 6.61 Å². The molecular formula is C17H15NO2. The van der Waals surface area contributed by atoms with Crippen molar-refractivity contribution in [3.63, 3.8) is 0 Å². The second kappa shape index (κ2) is 6.03. The first-order chi connectivity index (χ1) is 9.61. The Morgan fingerprint density at radius 1 is 1.15 bits per heavy atom. The summed E-state index contributed by atoms with van der Waals surface area (Å²) in [6.07, 6.45) is 0. The lowest BCUT2D eigenvalue weighted by molar-refractivity contribution is 0.0920. The highest BCUT2D eigenvalue weighted by molar-refractivity contribution is 5.97.